The van der Waals surface area contributed by atoms with Crippen LogP contribution in [0.4, 0.5) is 0 Å². The highest BCUT2D eigenvalue weighted by atomic mass is 16.6. The van der Waals surface area contributed by atoms with Gasteiger partial charge in [-0.1, -0.05) is 39.8 Å². The van der Waals surface area contributed by atoms with Gasteiger partial charge < -0.3 is 14.9 Å². The highest BCUT2D eigenvalue weighted by Crippen LogP contribution is 2.79. The van der Waals surface area contributed by atoms with Gasteiger partial charge in [-0.15, -0.1) is 0 Å². The third-order valence-corrected chi connectivity index (χ3v) is 13.9. The Morgan fingerprint density at radius 1 is 0.882 bits per heavy atom. The number of fused-ring (bicyclic) bond motifs is 7. The summed E-state index contributed by atoms with van der Waals surface area (Å²) < 4.78 is 6.33. The van der Waals surface area contributed by atoms with Crippen LogP contribution < -0.4 is 0 Å². The molecule has 10 unspecified atom stereocenters. The van der Waals surface area contributed by atoms with E-state index in [1.807, 2.05) is 0 Å². The quantitative estimate of drug-likeness (QED) is 0.457. The first kappa shape index (κ1) is 23.5. The van der Waals surface area contributed by atoms with E-state index in [1.54, 1.807) is 0 Å². The van der Waals surface area contributed by atoms with Crippen LogP contribution in [0.15, 0.2) is 12.2 Å². The third kappa shape index (κ3) is 2.37. The highest BCUT2D eigenvalue weighted by molar-refractivity contribution is 5.76. The normalized spacial score (nSPS) is 57.2. The molecule has 1 spiro atoms. The summed E-state index contributed by atoms with van der Waals surface area (Å²) in [7, 11) is 0. The second-order valence-electron chi connectivity index (χ2n) is 14.7. The molecule has 5 aliphatic carbocycles. The van der Waals surface area contributed by atoms with Crippen molar-refractivity contribution < 1.29 is 19.7 Å². The van der Waals surface area contributed by atoms with Crippen molar-refractivity contribution in [1.82, 2.24) is 0 Å². The molecule has 2 saturated heterocycles. The van der Waals surface area contributed by atoms with Crippen molar-refractivity contribution in [3.05, 3.63) is 12.2 Å². The van der Waals surface area contributed by atoms with Gasteiger partial charge in [0, 0.05) is 17.3 Å². The molecule has 7 fully saturated rings. The topological polar surface area (TPSA) is 66.8 Å². The predicted molar refractivity (Wildman–Crippen MR) is 132 cm³/mol. The van der Waals surface area contributed by atoms with Gasteiger partial charge in [0.2, 0.25) is 0 Å². The largest absolute Gasteiger partial charge is 0.481 e. The van der Waals surface area contributed by atoms with Gasteiger partial charge in [0.15, 0.2) is 5.79 Å². The SMILES string of the molecule is C=C(C)C1CCC2(C(=O)O)CCC3(C)C(CCC4C56CCC(O)(OC5)C(C)(C)C6CCC43C)C12. The molecule has 5 saturated carbocycles. The molecule has 2 heterocycles. The van der Waals surface area contributed by atoms with Gasteiger partial charge in [-0.25, -0.2) is 0 Å². The summed E-state index contributed by atoms with van der Waals surface area (Å²) >= 11 is 0. The molecule has 0 aromatic carbocycles. The van der Waals surface area contributed by atoms with Crippen LogP contribution >= 0.6 is 0 Å². The second-order valence-corrected chi connectivity index (χ2v) is 14.7. The average Bonchev–Trinajstić information content (AvgIpc) is 3.17. The van der Waals surface area contributed by atoms with Gasteiger partial charge in [-0.3, -0.25) is 4.79 Å². The van der Waals surface area contributed by atoms with E-state index in [0.717, 1.165) is 51.4 Å². The van der Waals surface area contributed by atoms with Crippen LogP contribution in [0, 0.1) is 56.7 Å². The molecule has 0 radical (unpaired) electrons. The Labute approximate surface area is 205 Å². The lowest BCUT2D eigenvalue weighted by molar-refractivity contribution is -0.400. The van der Waals surface area contributed by atoms with Crippen LogP contribution in [0.5, 0.6) is 0 Å². The number of hydrogen-bond donors (Lipinski definition) is 2. The van der Waals surface area contributed by atoms with Gasteiger partial charge in [0.25, 0.3) is 0 Å². The Hall–Kier alpha value is -0.870. The van der Waals surface area contributed by atoms with Crippen molar-refractivity contribution >= 4 is 5.97 Å². The molecular weight excluding hydrogens is 424 g/mol. The van der Waals surface area contributed by atoms with Gasteiger partial charge in [-0.2, -0.15) is 0 Å². The molecule has 7 rings (SSSR count). The number of carboxylic acid groups (broad SMARTS) is 1. The van der Waals surface area contributed by atoms with Crippen LogP contribution in [0.25, 0.3) is 0 Å². The third-order valence-electron chi connectivity index (χ3n) is 13.9. The Balaban J connectivity index is 1.43. The maximum atomic E-state index is 12.8. The summed E-state index contributed by atoms with van der Waals surface area (Å²) in [6, 6.07) is 0. The smallest absolute Gasteiger partial charge is 0.309 e. The Morgan fingerprint density at radius 2 is 1.62 bits per heavy atom. The molecular formula is C30H46O4. The van der Waals surface area contributed by atoms with Crippen LogP contribution in [0.2, 0.25) is 0 Å². The van der Waals surface area contributed by atoms with Crippen LogP contribution in [0.3, 0.4) is 0 Å². The minimum absolute atomic E-state index is 0.145. The van der Waals surface area contributed by atoms with E-state index in [0.29, 0.717) is 30.3 Å². The zero-order chi connectivity index (χ0) is 24.5. The maximum absolute atomic E-state index is 12.8. The first-order valence-electron chi connectivity index (χ1n) is 14.0. The number of allylic oxidation sites excluding steroid dienone is 1. The monoisotopic (exact) mass is 470 g/mol. The lowest BCUT2D eigenvalue weighted by atomic mass is 9.31. The minimum Gasteiger partial charge on any atom is -0.481 e. The van der Waals surface area contributed by atoms with Gasteiger partial charge in [-0.05, 0) is 105 Å². The number of carbonyl (C=O) groups is 1. The Kier molecular flexibility index (Phi) is 4.64. The van der Waals surface area contributed by atoms with Crippen LogP contribution in [0.1, 0.15) is 98.8 Å². The van der Waals surface area contributed by atoms with Crippen LogP contribution in [-0.2, 0) is 9.53 Å². The van der Waals surface area contributed by atoms with Gasteiger partial charge in [0.1, 0.15) is 0 Å². The standard InChI is InChI=1S/C30H46O4/c1-18(2)19-9-12-28(24(31)32)14-13-26(5)20(23(19)28)7-8-22-27(26,6)11-10-21-25(3,4)30(33)16-15-29(21,22)17-34-30/h19-23,33H,1,7-17H2,2-6H3,(H,31,32). The van der Waals surface area contributed by atoms with Crippen LogP contribution in [-0.4, -0.2) is 28.6 Å². The molecule has 0 aromatic heterocycles. The van der Waals surface area contributed by atoms with E-state index in [1.165, 1.54) is 18.4 Å². The fourth-order valence-electron chi connectivity index (χ4n) is 11.9. The van der Waals surface area contributed by atoms with Gasteiger partial charge in [0.05, 0.1) is 12.0 Å². The highest BCUT2D eigenvalue weighted by Gasteiger charge is 2.75. The number of carboxylic acids is 1. The Bertz CT molecular complexity index is 928. The van der Waals surface area contributed by atoms with Crippen molar-refractivity contribution in [3.8, 4) is 0 Å². The zero-order valence-corrected chi connectivity index (χ0v) is 22.1. The molecule has 7 aliphatic rings. The van der Waals surface area contributed by atoms with Crippen molar-refractivity contribution in [2.45, 2.75) is 105 Å². The lowest BCUT2D eigenvalue weighted by Gasteiger charge is -2.75. The molecule has 4 nitrogen and oxygen atoms in total. The minimum atomic E-state index is -0.973. The Morgan fingerprint density at radius 3 is 2.24 bits per heavy atom. The van der Waals surface area contributed by atoms with E-state index < -0.39 is 17.2 Å². The number of aliphatic hydroxyl groups is 1. The van der Waals surface area contributed by atoms with Crippen molar-refractivity contribution in [2.24, 2.45) is 56.7 Å². The molecule has 190 valence electrons. The van der Waals surface area contributed by atoms with Crippen molar-refractivity contribution in [2.75, 3.05) is 6.61 Å². The first-order chi connectivity index (χ1) is 15.8. The fourth-order valence-corrected chi connectivity index (χ4v) is 11.9. The van der Waals surface area contributed by atoms with E-state index in [2.05, 4.69) is 41.2 Å². The first-order valence-corrected chi connectivity index (χ1v) is 14.0. The molecule has 10 atom stereocenters. The summed E-state index contributed by atoms with van der Waals surface area (Å²) in [6.07, 6.45) is 10.2. The number of ether oxygens (including phenoxy) is 1. The summed E-state index contributed by atoms with van der Waals surface area (Å²) in [5, 5.41) is 21.9. The van der Waals surface area contributed by atoms with E-state index in [4.69, 9.17) is 4.74 Å². The molecule has 4 heteroatoms. The molecule has 2 aliphatic heterocycles. The number of aliphatic carboxylic acids is 1. The van der Waals surface area contributed by atoms with E-state index in [9.17, 15) is 15.0 Å². The molecule has 0 amide bonds. The van der Waals surface area contributed by atoms with Crippen molar-refractivity contribution in [3.63, 3.8) is 0 Å². The summed E-state index contributed by atoms with van der Waals surface area (Å²) in [5.74, 6) is 0.592. The fraction of sp³-hybridized carbons (Fsp3) is 0.900. The predicted octanol–water partition coefficient (Wildman–Crippen LogP) is 6.43. The van der Waals surface area contributed by atoms with Gasteiger partial charge >= 0.3 is 5.97 Å². The van der Waals surface area contributed by atoms with E-state index in [-0.39, 0.29) is 27.6 Å². The summed E-state index contributed by atoms with van der Waals surface area (Å²) in [5.41, 5.74) is 0.909. The van der Waals surface area contributed by atoms with E-state index >= 15 is 0 Å². The molecule has 0 aromatic rings. The van der Waals surface area contributed by atoms with Crippen molar-refractivity contribution in [1.29, 1.82) is 0 Å². The summed E-state index contributed by atoms with van der Waals surface area (Å²) in [6.45, 7) is 16.8. The number of rotatable bonds is 2. The number of hydrogen-bond acceptors (Lipinski definition) is 3. The summed E-state index contributed by atoms with van der Waals surface area (Å²) in [4.78, 5) is 12.8. The molecule has 2 bridgehead atoms. The zero-order valence-electron chi connectivity index (χ0n) is 22.1. The maximum Gasteiger partial charge on any atom is 0.309 e. The molecule has 2 N–H and O–H groups in total. The lowest BCUT2D eigenvalue weighted by Crippen LogP contribution is -2.74. The average molecular weight is 471 g/mol. The molecule has 34 heavy (non-hydrogen) atoms. The second kappa shape index (κ2) is 6.71.